The van der Waals surface area contributed by atoms with Crippen molar-refractivity contribution in [3.63, 3.8) is 0 Å². The minimum Gasteiger partial charge on any atom is -0.329 e. The van der Waals surface area contributed by atoms with Crippen molar-refractivity contribution in [3.8, 4) is 0 Å². The summed E-state index contributed by atoms with van der Waals surface area (Å²) in [6.45, 7) is 0. The molecule has 0 spiro atoms. The standard InChI is InChI=1S/C23H19N5O3S/c1-27-12-11-24-23(27)32-21-10-9-16(13-20(21)28(30)31)15-25-26-22(29)14-18-7-4-6-17-5-2-3-8-19(17)18/h2-13,15H,14H2,1H3,(H,26,29). The van der Waals surface area contributed by atoms with Gasteiger partial charge in [-0.1, -0.05) is 48.5 Å². The smallest absolute Gasteiger partial charge is 0.283 e. The number of imidazole rings is 1. The Morgan fingerprint density at radius 2 is 2.03 bits per heavy atom. The second kappa shape index (κ2) is 9.44. The molecule has 4 rings (SSSR count). The van der Waals surface area contributed by atoms with Crippen LogP contribution in [0.2, 0.25) is 0 Å². The van der Waals surface area contributed by atoms with Gasteiger partial charge in [0.25, 0.3) is 5.69 Å². The molecule has 0 aliphatic rings. The van der Waals surface area contributed by atoms with Crippen LogP contribution in [0.25, 0.3) is 10.8 Å². The van der Waals surface area contributed by atoms with Crippen LogP contribution in [-0.4, -0.2) is 26.6 Å². The average molecular weight is 446 g/mol. The number of nitro groups is 1. The number of nitro benzene ring substituents is 1. The molecule has 1 N–H and O–H groups in total. The summed E-state index contributed by atoms with van der Waals surface area (Å²) < 4.78 is 1.79. The molecule has 0 bridgehead atoms. The van der Waals surface area contributed by atoms with Gasteiger partial charge >= 0.3 is 0 Å². The lowest BCUT2D eigenvalue weighted by atomic mass is 10.0. The van der Waals surface area contributed by atoms with Gasteiger partial charge < -0.3 is 4.57 Å². The molecule has 0 aliphatic heterocycles. The number of rotatable bonds is 7. The molecule has 4 aromatic rings. The number of nitrogens with zero attached hydrogens (tertiary/aromatic N) is 4. The number of hydrazone groups is 1. The number of hydrogen-bond acceptors (Lipinski definition) is 6. The number of aromatic nitrogens is 2. The maximum absolute atomic E-state index is 12.3. The van der Waals surface area contributed by atoms with E-state index >= 15 is 0 Å². The topological polar surface area (TPSA) is 102 Å². The van der Waals surface area contributed by atoms with E-state index in [4.69, 9.17) is 0 Å². The Hall–Kier alpha value is -3.98. The van der Waals surface area contributed by atoms with Crippen LogP contribution >= 0.6 is 11.8 Å². The highest BCUT2D eigenvalue weighted by atomic mass is 32.2. The molecule has 0 fully saturated rings. The van der Waals surface area contributed by atoms with Crippen LogP contribution in [0.4, 0.5) is 5.69 Å². The van der Waals surface area contributed by atoms with E-state index in [1.54, 1.807) is 29.1 Å². The SMILES string of the molecule is Cn1ccnc1Sc1ccc(C=NNC(=O)Cc2cccc3ccccc23)cc1[N+](=O)[O-]. The number of fused-ring (bicyclic) bond motifs is 1. The zero-order chi connectivity index (χ0) is 22.5. The number of aryl methyl sites for hydroxylation is 1. The first-order chi connectivity index (χ1) is 15.5. The van der Waals surface area contributed by atoms with Gasteiger partial charge in [-0.25, -0.2) is 10.4 Å². The summed E-state index contributed by atoms with van der Waals surface area (Å²) in [6, 6.07) is 18.5. The summed E-state index contributed by atoms with van der Waals surface area (Å²) in [5.74, 6) is -0.269. The normalized spacial score (nSPS) is 11.2. The van der Waals surface area contributed by atoms with Crippen LogP contribution in [0.3, 0.4) is 0 Å². The van der Waals surface area contributed by atoms with Crippen molar-refractivity contribution in [3.05, 3.63) is 94.3 Å². The molecular formula is C23H19N5O3S. The summed E-state index contributed by atoms with van der Waals surface area (Å²) in [5.41, 5.74) is 3.85. The van der Waals surface area contributed by atoms with Gasteiger partial charge in [-0.2, -0.15) is 5.10 Å². The first-order valence-corrected chi connectivity index (χ1v) is 10.5. The fraction of sp³-hybridized carbons (Fsp3) is 0.0870. The molecule has 0 aliphatic carbocycles. The third-order valence-electron chi connectivity index (χ3n) is 4.79. The van der Waals surface area contributed by atoms with E-state index in [0.717, 1.165) is 16.3 Å². The summed E-state index contributed by atoms with van der Waals surface area (Å²) >= 11 is 1.21. The maximum atomic E-state index is 12.3. The van der Waals surface area contributed by atoms with Gasteiger partial charge in [0.1, 0.15) is 0 Å². The predicted octanol–water partition coefficient (Wildman–Crippen LogP) is 4.33. The number of hydrogen-bond donors (Lipinski definition) is 1. The van der Waals surface area contributed by atoms with Gasteiger partial charge in [-0.15, -0.1) is 0 Å². The largest absolute Gasteiger partial charge is 0.329 e. The quantitative estimate of drug-likeness (QED) is 0.259. The Bertz CT molecular complexity index is 1330. The van der Waals surface area contributed by atoms with Crippen molar-refractivity contribution >= 4 is 40.3 Å². The van der Waals surface area contributed by atoms with Gasteiger partial charge in [-0.05, 0) is 34.2 Å². The lowest BCUT2D eigenvalue weighted by Gasteiger charge is -2.06. The van der Waals surface area contributed by atoms with Gasteiger partial charge in [0, 0.05) is 31.1 Å². The number of nitrogens with one attached hydrogen (secondary N) is 1. The monoisotopic (exact) mass is 445 g/mol. The fourth-order valence-electron chi connectivity index (χ4n) is 3.23. The summed E-state index contributed by atoms with van der Waals surface area (Å²) in [5, 5.41) is 18.2. The third kappa shape index (κ3) is 4.84. The van der Waals surface area contributed by atoms with Crippen molar-refractivity contribution in [2.45, 2.75) is 16.5 Å². The van der Waals surface area contributed by atoms with E-state index in [-0.39, 0.29) is 18.0 Å². The van der Waals surface area contributed by atoms with E-state index in [1.807, 2.05) is 49.5 Å². The molecule has 3 aromatic carbocycles. The van der Waals surface area contributed by atoms with Gasteiger partial charge in [0.15, 0.2) is 5.16 Å². The van der Waals surface area contributed by atoms with Gasteiger partial charge in [0.05, 0.1) is 22.5 Å². The molecule has 0 atom stereocenters. The minimum atomic E-state index is -0.443. The molecule has 32 heavy (non-hydrogen) atoms. The molecule has 9 heteroatoms. The lowest BCUT2D eigenvalue weighted by molar-refractivity contribution is -0.387. The predicted molar refractivity (Wildman–Crippen MR) is 124 cm³/mol. The van der Waals surface area contributed by atoms with E-state index in [0.29, 0.717) is 15.6 Å². The zero-order valence-electron chi connectivity index (χ0n) is 17.1. The Balaban J connectivity index is 1.44. The highest BCUT2D eigenvalue weighted by molar-refractivity contribution is 7.99. The zero-order valence-corrected chi connectivity index (χ0v) is 18.0. The molecule has 1 heterocycles. The van der Waals surface area contributed by atoms with Crippen molar-refractivity contribution in [1.29, 1.82) is 0 Å². The summed E-state index contributed by atoms with van der Waals surface area (Å²) in [6.07, 6.45) is 4.98. The Kier molecular flexibility index (Phi) is 6.27. The van der Waals surface area contributed by atoms with Crippen LogP contribution in [0.1, 0.15) is 11.1 Å². The van der Waals surface area contributed by atoms with Crippen LogP contribution in [0.15, 0.2) is 88.2 Å². The number of carbonyl (C=O) groups excluding carboxylic acids is 1. The van der Waals surface area contributed by atoms with Crippen LogP contribution in [-0.2, 0) is 18.3 Å². The second-order valence-corrected chi connectivity index (χ2v) is 8.02. The maximum Gasteiger partial charge on any atom is 0.283 e. The Morgan fingerprint density at radius 3 is 2.81 bits per heavy atom. The van der Waals surface area contributed by atoms with E-state index in [9.17, 15) is 14.9 Å². The van der Waals surface area contributed by atoms with Crippen LogP contribution < -0.4 is 5.43 Å². The lowest BCUT2D eigenvalue weighted by Crippen LogP contribution is -2.19. The van der Waals surface area contributed by atoms with Crippen LogP contribution in [0.5, 0.6) is 0 Å². The highest BCUT2D eigenvalue weighted by Crippen LogP contribution is 2.34. The summed E-state index contributed by atoms with van der Waals surface area (Å²) in [4.78, 5) is 28.1. The van der Waals surface area contributed by atoms with E-state index in [2.05, 4.69) is 15.5 Å². The highest BCUT2D eigenvalue weighted by Gasteiger charge is 2.17. The van der Waals surface area contributed by atoms with Crippen molar-refractivity contribution in [1.82, 2.24) is 15.0 Å². The molecule has 0 saturated heterocycles. The van der Waals surface area contributed by atoms with Crippen molar-refractivity contribution < 1.29 is 9.72 Å². The first-order valence-electron chi connectivity index (χ1n) is 9.73. The third-order valence-corrected chi connectivity index (χ3v) is 5.93. The molecular weight excluding hydrogens is 426 g/mol. The van der Waals surface area contributed by atoms with Crippen LogP contribution in [0, 0.1) is 10.1 Å². The average Bonchev–Trinajstić information content (AvgIpc) is 3.19. The molecule has 0 unspecified atom stereocenters. The van der Waals surface area contributed by atoms with Gasteiger partial charge in [0.2, 0.25) is 5.91 Å². The number of benzene rings is 3. The van der Waals surface area contributed by atoms with Crippen molar-refractivity contribution in [2.75, 3.05) is 0 Å². The minimum absolute atomic E-state index is 0.0518. The number of carbonyl (C=O) groups is 1. The molecule has 1 amide bonds. The van der Waals surface area contributed by atoms with E-state index in [1.165, 1.54) is 24.0 Å². The Labute approximate surface area is 188 Å². The van der Waals surface area contributed by atoms with Gasteiger partial charge in [-0.3, -0.25) is 14.9 Å². The molecule has 8 nitrogen and oxygen atoms in total. The fourth-order valence-corrected chi connectivity index (χ4v) is 4.12. The second-order valence-electron chi connectivity index (χ2n) is 7.02. The first kappa shape index (κ1) is 21.3. The summed E-state index contributed by atoms with van der Waals surface area (Å²) in [7, 11) is 1.82. The molecule has 1 aromatic heterocycles. The Morgan fingerprint density at radius 1 is 1.22 bits per heavy atom. The molecule has 0 radical (unpaired) electrons. The van der Waals surface area contributed by atoms with E-state index < -0.39 is 4.92 Å². The molecule has 0 saturated carbocycles. The number of amides is 1. The van der Waals surface area contributed by atoms with Crippen molar-refractivity contribution in [2.24, 2.45) is 12.1 Å². The molecule has 160 valence electrons.